The zero-order valence-corrected chi connectivity index (χ0v) is 12.2. The Morgan fingerprint density at radius 1 is 1.30 bits per heavy atom. The number of amides is 1. The van der Waals surface area contributed by atoms with Crippen LogP contribution in [0.2, 0.25) is 0 Å². The highest BCUT2D eigenvalue weighted by atomic mass is 16.2. The van der Waals surface area contributed by atoms with Crippen molar-refractivity contribution in [3.8, 4) is 0 Å². The third-order valence-electron chi connectivity index (χ3n) is 4.57. The molecule has 2 fully saturated rings. The van der Waals surface area contributed by atoms with Gasteiger partial charge in [-0.05, 0) is 32.2 Å². The van der Waals surface area contributed by atoms with E-state index in [1.54, 1.807) is 17.1 Å². The highest BCUT2D eigenvalue weighted by Gasteiger charge is 2.28. The maximum atomic E-state index is 12.1. The number of carbonyl (C=O) groups excluding carboxylic acids is 1. The van der Waals surface area contributed by atoms with Gasteiger partial charge in [0.1, 0.15) is 5.69 Å². The van der Waals surface area contributed by atoms with Crippen molar-refractivity contribution in [1.29, 1.82) is 0 Å². The zero-order valence-electron chi connectivity index (χ0n) is 12.2. The second-order valence-electron chi connectivity index (χ2n) is 6.17. The van der Waals surface area contributed by atoms with E-state index in [0.29, 0.717) is 5.69 Å². The fourth-order valence-electron chi connectivity index (χ4n) is 3.51. The average molecular weight is 276 g/mol. The molecule has 1 atom stereocenters. The second kappa shape index (κ2) is 5.95. The Hall–Kier alpha value is -1.36. The number of nitrogens with zero attached hydrogens (tertiary/aromatic N) is 3. The number of aromatic nitrogens is 2. The van der Waals surface area contributed by atoms with Crippen molar-refractivity contribution < 1.29 is 4.79 Å². The highest BCUT2D eigenvalue weighted by Crippen LogP contribution is 2.26. The fourth-order valence-corrected chi connectivity index (χ4v) is 3.51. The number of rotatable bonds is 3. The van der Waals surface area contributed by atoms with Crippen molar-refractivity contribution in [2.45, 2.75) is 50.6 Å². The minimum absolute atomic E-state index is 0.0381. The summed E-state index contributed by atoms with van der Waals surface area (Å²) in [7, 11) is 1.88. The smallest absolute Gasteiger partial charge is 0.271 e. The molecule has 1 amide bonds. The van der Waals surface area contributed by atoms with E-state index in [0.717, 1.165) is 19.0 Å². The maximum absolute atomic E-state index is 12.1. The summed E-state index contributed by atoms with van der Waals surface area (Å²) >= 11 is 0. The molecule has 1 aliphatic carbocycles. The van der Waals surface area contributed by atoms with E-state index in [9.17, 15) is 4.79 Å². The number of hydrogen-bond acceptors (Lipinski definition) is 3. The first kappa shape index (κ1) is 13.6. The van der Waals surface area contributed by atoms with Gasteiger partial charge in [0.15, 0.2) is 0 Å². The van der Waals surface area contributed by atoms with Crippen LogP contribution in [-0.2, 0) is 7.05 Å². The van der Waals surface area contributed by atoms with Crippen LogP contribution in [0.15, 0.2) is 12.5 Å². The van der Waals surface area contributed by atoms with E-state index >= 15 is 0 Å². The van der Waals surface area contributed by atoms with Crippen molar-refractivity contribution in [2.24, 2.45) is 7.05 Å². The van der Waals surface area contributed by atoms with Gasteiger partial charge in [0.25, 0.3) is 5.91 Å². The summed E-state index contributed by atoms with van der Waals surface area (Å²) in [6.45, 7) is 2.20. The molecular formula is C15H24N4O. The van der Waals surface area contributed by atoms with Crippen LogP contribution < -0.4 is 5.32 Å². The first-order chi connectivity index (χ1) is 9.72. The van der Waals surface area contributed by atoms with Crippen LogP contribution in [0.4, 0.5) is 0 Å². The normalized spacial score (nSPS) is 24.9. The van der Waals surface area contributed by atoms with Crippen LogP contribution in [0.1, 0.15) is 49.0 Å². The summed E-state index contributed by atoms with van der Waals surface area (Å²) in [5.74, 6) is -0.0381. The first-order valence-electron chi connectivity index (χ1n) is 7.75. The fraction of sp³-hybridized carbons (Fsp3) is 0.733. The molecule has 3 rings (SSSR count). The minimum atomic E-state index is -0.0381. The van der Waals surface area contributed by atoms with E-state index in [4.69, 9.17) is 0 Å². The molecule has 2 heterocycles. The summed E-state index contributed by atoms with van der Waals surface area (Å²) in [5, 5.41) is 3.15. The highest BCUT2D eigenvalue weighted by molar-refractivity contribution is 5.92. The maximum Gasteiger partial charge on any atom is 0.271 e. The van der Waals surface area contributed by atoms with E-state index in [-0.39, 0.29) is 11.9 Å². The Morgan fingerprint density at radius 2 is 2.10 bits per heavy atom. The lowest BCUT2D eigenvalue weighted by atomic mass is 10.0. The molecule has 1 saturated carbocycles. The summed E-state index contributed by atoms with van der Waals surface area (Å²) in [5.41, 5.74) is 0.519. The van der Waals surface area contributed by atoms with Gasteiger partial charge in [-0.2, -0.15) is 0 Å². The standard InChI is InChI=1S/C15H24N4O/c1-18-10-14(16-11-18)15(20)17-12-5-4-8-19(9-12)13-6-2-3-7-13/h10-13H,2-9H2,1H3,(H,17,20)/t12-/m0/s1. The molecule has 0 radical (unpaired) electrons. The molecule has 0 spiro atoms. The van der Waals surface area contributed by atoms with Gasteiger partial charge in [0, 0.05) is 31.9 Å². The van der Waals surface area contributed by atoms with Gasteiger partial charge >= 0.3 is 0 Å². The van der Waals surface area contributed by atoms with Crippen molar-refractivity contribution in [3.05, 3.63) is 18.2 Å². The molecule has 5 heteroatoms. The molecule has 0 bridgehead atoms. The van der Waals surface area contributed by atoms with Crippen molar-refractivity contribution in [2.75, 3.05) is 13.1 Å². The van der Waals surface area contributed by atoms with Crippen LogP contribution in [0.5, 0.6) is 0 Å². The number of imidazole rings is 1. The molecule has 1 N–H and O–H groups in total. The zero-order chi connectivity index (χ0) is 13.9. The van der Waals surface area contributed by atoms with Crippen LogP contribution in [-0.4, -0.2) is 45.5 Å². The second-order valence-corrected chi connectivity index (χ2v) is 6.17. The van der Waals surface area contributed by atoms with Crippen molar-refractivity contribution in [3.63, 3.8) is 0 Å². The Balaban J connectivity index is 1.55. The van der Waals surface area contributed by atoms with Gasteiger partial charge in [-0.15, -0.1) is 0 Å². The number of aryl methyl sites for hydroxylation is 1. The van der Waals surface area contributed by atoms with Crippen LogP contribution in [0, 0.1) is 0 Å². The first-order valence-corrected chi connectivity index (χ1v) is 7.75. The molecule has 0 aromatic carbocycles. The number of hydrogen-bond donors (Lipinski definition) is 1. The van der Waals surface area contributed by atoms with Crippen LogP contribution in [0.3, 0.4) is 0 Å². The third-order valence-corrected chi connectivity index (χ3v) is 4.57. The van der Waals surface area contributed by atoms with Gasteiger partial charge in [0.05, 0.1) is 6.33 Å². The Bertz CT molecular complexity index is 464. The van der Waals surface area contributed by atoms with Gasteiger partial charge in [-0.1, -0.05) is 12.8 Å². The van der Waals surface area contributed by atoms with Crippen molar-refractivity contribution >= 4 is 5.91 Å². The molecule has 1 aromatic heterocycles. The molecule has 2 aliphatic rings. The van der Waals surface area contributed by atoms with Gasteiger partial charge in [-0.3, -0.25) is 9.69 Å². The molecule has 20 heavy (non-hydrogen) atoms. The molecule has 1 saturated heterocycles. The lowest BCUT2D eigenvalue weighted by molar-refractivity contribution is 0.0870. The number of piperidine rings is 1. The lowest BCUT2D eigenvalue weighted by Crippen LogP contribution is -2.50. The Labute approximate surface area is 120 Å². The van der Waals surface area contributed by atoms with Crippen LogP contribution in [0.25, 0.3) is 0 Å². The van der Waals surface area contributed by atoms with Gasteiger partial charge < -0.3 is 9.88 Å². The topological polar surface area (TPSA) is 50.2 Å². The number of likely N-dealkylation sites (tertiary alicyclic amines) is 1. The molecule has 110 valence electrons. The Morgan fingerprint density at radius 3 is 2.80 bits per heavy atom. The van der Waals surface area contributed by atoms with Crippen molar-refractivity contribution in [1.82, 2.24) is 19.8 Å². The molecule has 1 aliphatic heterocycles. The van der Waals surface area contributed by atoms with Gasteiger partial charge in [-0.25, -0.2) is 4.98 Å². The van der Waals surface area contributed by atoms with E-state index < -0.39 is 0 Å². The Kier molecular flexibility index (Phi) is 4.05. The van der Waals surface area contributed by atoms with E-state index in [1.165, 1.54) is 38.6 Å². The predicted octanol–water partition coefficient (Wildman–Crippen LogP) is 1.56. The predicted molar refractivity (Wildman–Crippen MR) is 77.5 cm³/mol. The summed E-state index contributed by atoms with van der Waals surface area (Å²) in [4.78, 5) is 18.8. The summed E-state index contributed by atoms with van der Waals surface area (Å²) < 4.78 is 1.81. The largest absolute Gasteiger partial charge is 0.347 e. The van der Waals surface area contributed by atoms with E-state index in [1.807, 2.05) is 7.05 Å². The average Bonchev–Trinajstić information content (AvgIpc) is 3.10. The number of nitrogens with one attached hydrogen (secondary N) is 1. The summed E-state index contributed by atoms with van der Waals surface area (Å²) in [6, 6.07) is 1.03. The molecular weight excluding hydrogens is 252 g/mol. The monoisotopic (exact) mass is 276 g/mol. The third kappa shape index (κ3) is 3.03. The minimum Gasteiger partial charge on any atom is -0.347 e. The SMILES string of the molecule is Cn1cnc(C(=O)N[C@H]2CCCN(C3CCCC3)C2)c1. The van der Waals surface area contributed by atoms with Gasteiger partial charge in [0.2, 0.25) is 0 Å². The molecule has 1 aromatic rings. The van der Waals surface area contributed by atoms with Crippen LogP contribution >= 0.6 is 0 Å². The quantitative estimate of drug-likeness (QED) is 0.911. The lowest BCUT2D eigenvalue weighted by Gasteiger charge is -2.37. The molecule has 5 nitrogen and oxygen atoms in total. The summed E-state index contributed by atoms with van der Waals surface area (Å²) in [6.07, 6.45) is 11.1. The molecule has 0 unspecified atom stereocenters. The van der Waals surface area contributed by atoms with E-state index in [2.05, 4.69) is 15.2 Å². The number of carbonyl (C=O) groups is 1.